The SMILES string of the molecule is NC(=O)N(C=O)C=O.NC(N)=O.NC(N)=O.NC(N)=O.NC(N)=O.NC(N)=O.NC(N)=O.NC(N)=O.NC(N)=O.NC(N)=O.NC(N)=O.NC(N)=O.NC(N)=O.NC(N)=O.NC(N)=O.NC(N)=O.NC(N)=O.NC(N)=O.NC(N)=O.NC(N)=O.NC(N)=O.NC(N)=O.NC(N)=O.NC(N)=O.NC(N)=O.NC(N)=O.NC(N)=O.NC(N)=O.NC(N)=O.NC(N)=O.NC(N)=O. The van der Waals surface area contributed by atoms with E-state index in [4.69, 9.17) is 144 Å². The van der Waals surface area contributed by atoms with E-state index in [2.05, 4.69) is 350 Å². The van der Waals surface area contributed by atoms with E-state index in [0.717, 1.165) is 0 Å². The van der Waals surface area contributed by atoms with Gasteiger partial charge < -0.3 is 350 Å². The van der Waals surface area contributed by atoms with Crippen LogP contribution in [0.25, 0.3) is 0 Å². The normalized spacial score (nSPS) is 6.09. The van der Waals surface area contributed by atoms with Crippen molar-refractivity contribution in [3.63, 3.8) is 0 Å². The molecule has 0 bridgehead atoms. The first kappa shape index (κ1) is 207. The molecule has 128 heavy (non-hydrogen) atoms. The van der Waals surface area contributed by atoms with Gasteiger partial charge in [0.05, 0.1) is 0 Å². The lowest BCUT2D eigenvalue weighted by Gasteiger charge is -1.97. The highest BCUT2D eigenvalue weighted by Gasteiger charge is 2.02. The van der Waals surface area contributed by atoms with E-state index in [9.17, 15) is 14.4 Å². The lowest BCUT2D eigenvalue weighted by Crippen LogP contribution is -2.32. The summed E-state index contributed by atoms with van der Waals surface area (Å²) in [5.74, 6) is 0. The Morgan fingerprint density at radius 1 is 0.0938 bits per heavy atom. The summed E-state index contributed by atoms with van der Waals surface area (Å²) < 4.78 is 0. The fourth-order valence-corrected chi connectivity index (χ4v) is 0.129. The van der Waals surface area contributed by atoms with Crippen LogP contribution in [0.5, 0.6) is 0 Å². The van der Waals surface area contributed by atoms with Crippen molar-refractivity contribution in [1.29, 1.82) is 0 Å². The summed E-state index contributed by atoms with van der Waals surface area (Å²) in [5.41, 5.74) is 259. The molecule has 0 radical (unpaired) electrons. The molecule has 764 valence electrons. The van der Waals surface area contributed by atoms with Gasteiger partial charge in [-0.05, 0) is 0 Å². The highest BCUT2D eigenvalue weighted by molar-refractivity contribution is 5.95. The Morgan fingerprint density at radius 2 is 0.117 bits per heavy atom. The first-order valence-corrected chi connectivity index (χ1v) is 25.1. The lowest BCUT2D eigenvalue weighted by molar-refractivity contribution is -0.125. The van der Waals surface area contributed by atoms with Gasteiger partial charge >= 0.3 is 187 Å². The third-order valence-electron chi connectivity index (χ3n) is 0.482. The highest BCUT2D eigenvalue weighted by Crippen LogP contribution is 1.70. The second kappa shape index (κ2) is 196. The fourth-order valence-electron chi connectivity index (χ4n) is 0.129. The summed E-state index contributed by atoms with van der Waals surface area (Å²) in [6.07, 6.45) is 0.0741. The first-order valence-electron chi connectivity index (χ1n) is 25.1. The number of primary amides is 61. The van der Waals surface area contributed by atoms with E-state index in [1.54, 1.807) is 0 Å². The molecule has 0 heterocycles. The molecular formula is C33H124N62O33. The largest absolute Gasteiger partial charge is 0.352 e. The number of nitrogens with two attached hydrogens (primary N) is 61. The van der Waals surface area contributed by atoms with Crippen molar-refractivity contribution < 1.29 is 158 Å². The van der Waals surface area contributed by atoms with Gasteiger partial charge in [-0.3, -0.25) is 9.59 Å². The molecule has 0 fully saturated rings. The third kappa shape index (κ3) is 4540. The van der Waals surface area contributed by atoms with Crippen molar-refractivity contribution in [2.24, 2.45) is 350 Å². The number of amides is 64. The van der Waals surface area contributed by atoms with E-state index < -0.39 is 187 Å². The minimum atomic E-state index is -1.07. The molecule has 0 aromatic carbocycles. The molecule has 95 heteroatoms. The van der Waals surface area contributed by atoms with Crippen molar-refractivity contribution in [3.05, 3.63) is 0 Å². The molecule has 0 aliphatic rings. The van der Waals surface area contributed by atoms with E-state index in [1.807, 2.05) is 0 Å². The molecular weight excluding hydrogens is 1790 g/mol. The number of urea groups is 31. The van der Waals surface area contributed by atoms with Gasteiger partial charge in [0, 0.05) is 0 Å². The Kier molecular flexibility index (Phi) is 317. The molecule has 0 unspecified atom stereocenters. The quantitative estimate of drug-likeness (QED) is 0.114. The van der Waals surface area contributed by atoms with Crippen LogP contribution in [0, 0.1) is 0 Å². The molecule has 0 spiro atoms. The molecule has 64 amide bonds. The predicted molar refractivity (Wildman–Crippen MR) is 437 cm³/mol. The number of hydrogen-bond donors (Lipinski definition) is 61. The van der Waals surface area contributed by atoms with Gasteiger partial charge in [-0.2, -0.15) is 0 Å². The van der Waals surface area contributed by atoms with E-state index >= 15 is 0 Å². The lowest BCUT2D eigenvalue weighted by atomic mass is 10.8. The van der Waals surface area contributed by atoms with Crippen molar-refractivity contribution in [3.8, 4) is 0 Å². The Labute approximate surface area is 711 Å². The summed E-state index contributed by atoms with van der Waals surface area (Å²) in [5, 5.41) is 0. The highest BCUT2D eigenvalue weighted by atomic mass is 16.2. The van der Waals surface area contributed by atoms with E-state index in [0.29, 0.717) is 0 Å². The molecule has 0 aliphatic heterocycles. The van der Waals surface area contributed by atoms with Gasteiger partial charge in [0.2, 0.25) is 12.8 Å². The van der Waals surface area contributed by atoms with Gasteiger partial charge in [-0.25, -0.2) is 154 Å². The molecule has 0 aromatic heterocycles. The van der Waals surface area contributed by atoms with Gasteiger partial charge in [-0.15, -0.1) is 0 Å². The third-order valence-corrected chi connectivity index (χ3v) is 0.482. The molecule has 122 N–H and O–H groups in total. The average molecular weight is 1920 g/mol. The summed E-state index contributed by atoms with van der Waals surface area (Å²) in [7, 11) is 0. The molecule has 95 nitrogen and oxygen atoms in total. The van der Waals surface area contributed by atoms with E-state index in [-0.39, 0.29) is 17.7 Å². The number of nitrogens with zero attached hydrogens (tertiary/aromatic N) is 1. The van der Waals surface area contributed by atoms with Gasteiger partial charge in [-0.1, -0.05) is 0 Å². The second-order valence-corrected chi connectivity index (χ2v) is 13.0. The van der Waals surface area contributed by atoms with Crippen LogP contribution in [0.1, 0.15) is 0 Å². The Bertz CT molecular complexity index is 2020. The summed E-state index contributed by atoms with van der Waals surface area (Å²) in [4.78, 5) is 299. The van der Waals surface area contributed by atoms with Gasteiger partial charge in [0.1, 0.15) is 0 Å². The van der Waals surface area contributed by atoms with E-state index in [1.165, 1.54) is 0 Å². The zero-order chi connectivity index (χ0) is 114. The monoisotopic (exact) mass is 1920 g/mol. The summed E-state index contributed by atoms with van der Waals surface area (Å²) in [6, 6.07) is -26.1. The van der Waals surface area contributed by atoms with Crippen LogP contribution in [0.4, 0.5) is 149 Å². The van der Waals surface area contributed by atoms with Crippen LogP contribution in [-0.4, -0.2) is 205 Å². The Hall–Kier alpha value is -23.3. The second-order valence-electron chi connectivity index (χ2n) is 13.0. The van der Waals surface area contributed by atoms with Crippen molar-refractivity contribution >= 4 is 200 Å². The zero-order valence-corrected chi connectivity index (χ0v) is 65.8. The molecule has 0 saturated heterocycles. The number of imide groups is 3. The standard InChI is InChI=1S/C3H4N2O3.30CH4N2O/c4-3(8)5(1-6)2-7;30*2-1(3)4/h1-2H,(H2,4,8);30*(H4,2,3,4). The van der Waals surface area contributed by atoms with Crippen LogP contribution in [-0.2, 0) is 9.59 Å². The molecule has 0 saturated carbocycles. The zero-order valence-electron chi connectivity index (χ0n) is 65.8. The minimum absolute atomic E-state index is 0.0370. The Balaban J connectivity index is -0.0000000262. The fraction of sp³-hybridized carbons (Fsp3) is 0. The maximum Gasteiger partial charge on any atom is 0.327 e. The molecule has 0 aromatic rings. The topological polar surface area (TPSA) is 2150 Å². The smallest absolute Gasteiger partial charge is 0.327 e. The molecule has 0 rings (SSSR count). The van der Waals surface area contributed by atoms with Crippen molar-refractivity contribution in [1.82, 2.24) is 4.90 Å². The number of carbonyl (C=O) groups is 33. The van der Waals surface area contributed by atoms with Gasteiger partial charge in [0.15, 0.2) is 0 Å². The predicted octanol–water partition coefficient (Wildman–Crippen LogP) is -30.6. The summed E-state index contributed by atoms with van der Waals surface area (Å²) >= 11 is 0. The van der Waals surface area contributed by atoms with Crippen LogP contribution in [0.2, 0.25) is 0 Å². The van der Waals surface area contributed by atoms with Gasteiger partial charge in [0.25, 0.3) is 0 Å². The average Bonchev–Trinajstić information content (AvgIpc) is 1.01. The number of rotatable bonds is 2. The first-order chi connectivity index (χ1) is 55.7. The van der Waals surface area contributed by atoms with Crippen LogP contribution in [0.3, 0.4) is 0 Å². The maximum atomic E-state index is 9.85. The summed E-state index contributed by atoms with van der Waals surface area (Å²) in [6.45, 7) is 0. The minimum Gasteiger partial charge on any atom is -0.352 e. The maximum absolute atomic E-state index is 9.85. The van der Waals surface area contributed by atoms with Crippen LogP contribution in [0.15, 0.2) is 0 Å². The van der Waals surface area contributed by atoms with Crippen molar-refractivity contribution in [2.45, 2.75) is 0 Å². The number of hydrogen-bond acceptors (Lipinski definition) is 33. The van der Waals surface area contributed by atoms with Crippen LogP contribution < -0.4 is 350 Å². The molecule has 0 atom stereocenters. The Morgan fingerprint density at radius 3 is 0.117 bits per heavy atom. The van der Waals surface area contributed by atoms with Crippen LogP contribution >= 0.6 is 0 Å². The molecule has 0 aliphatic carbocycles. The van der Waals surface area contributed by atoms with Crippen molar-refractivity contribution in [2.75, 3.05) is 0 Å². The number of carbonyl (C=O) groups excluding carboxylic acids is 33.